The normalized spacial score (nSPS) is 10.5. The Morgan fingerprint density at radius 3 is 2.50 bits per heavy atom. The second-order valence-electron chi connectivity index (χ2n) is 4.51. The van der Waals surface area contributed by atoms with Gasteiger partial charge in [-0.3, -0.25) is 4.79 Å². The van der Waals surface area contributed by atoms with E-state index in [1.54, 1.807) is 4.90 Å². The SMILES string of the molecule is Cc1cc(Br)cc(C(=O)N(CC(N)=S)C(C)C)c1. The van der Waals surface area contributed by atoms with Gasteiger partial charge in [-0.15, -0.1) is 0 Å². The van der Waals surface area contributed by atoms with Crippen LogP contribution < -0.4 is 5.73 Å². The van der Waals surface area contributed by atoms with Crippen LogP contribution in [0.5, 0.6) is 0 Å². The van der Waals surface area contributed by atoms with Gasteiger partial charge in [-0.2, -0.15) is 0 Å². The second-order valence-corrected chi connectivity index (χ2v) is 5.95. The number of hydrogen-bond donors (Lipinski definition) is 1. The lowest BCUT2D eigenvalue weighted by atomic mass is 10.1. The highest BCUT2D eigenvalue weighted by Crippen LogP contribution is 2.17. The molecule has 0 radical (unpaired) electrons. The first-order chi connectivity index (χ1) is 8.31. The Morgan fingerprint density at radius 2 is 2.06 bits per heavy atom. The Bertz CT molecular complexity index is 454. The monoisotopic (exact) mass is 328 g/mol. The van der Waals surface area contributed by atoms with E-state index in [2.05, 4.69) is 15.9 Å². The smallest absolute Gasteiger partial charge is 0.254 e. The lowest BCUT2D eigenvalue weighted by molar-refractivity contribution is 0.0736. The molecule has 3 nitrogen and oxygen atoms in total. The number of carbonyl (C=O) groups excluding carboxylic acids is 1. The molecular formula is C13H17BrN2OS. The number of thiocarbonyl (C=S) groups is 1. The van der Waals surface area contributed by atoms with Gasteiger partial charge >= 0.3 is 0 Å². The van der Waals surface area contributed by atoms with Crippen LogP contribution in [0.25, 0.3) is 0 Å². The summed E-state index contributed by atoms with van der Waals surface area (Å²) in [6.07, 6.45) is 0. The Morgan fingerprint density at radius 1 is 1.44 bits per heavy atom. The minimum Gasteiger partial charge on any atom is -0.392 e. The summed E-state index contributed by atoms with van der Waals surface area (Å²) in [5, 5.41) is 0. The predicted octanol–water partition coefficient (Wildman–Crippen LogP) is 2.89. The van der Waals surface area contributed by atoms with Gasteiger partial charge in [0, 0.05) is 16.1 Å². The molecule has 18 heavy (non-hydrogen) atoms. The van der Waals surface area contributed by atoms with Gasteiger partial charge in [-0.25, -0.2) is 0 Å². The Hall–Kier alpha value is -0.940. The third-order valence-corrected chi connectivity index (χ3v) is 3.09. The zero-order valence-corrected chi connectivity index (χ0v) is 13.1. The summed E-state index contributed by atoms with van der Waals surface area (Å²) in [5.74, 6) is -0.0535. The molecule has 2 N–H and O–H groups in total. The summed E-state index contributed by atoms with van der Waals surface area (Å²) in [6.45, 7) is 6.15. The van der Waals surface area contributed by atoms with Gasteiger partial charge in [-0.1, -0.05) is 28.1 Å². The third kappa shape index (κ3) is 4.07. The molecule has 0 atom stereocenters. The molecule has 0 aliphatic carbocycles. The van der Waals surface area contributed by atoms with Crippen LogP contribution in [0, 0.1) is 6.92 Å². The number of nitrogens with two attached hydrogens (primary N) is 1. The highest BCUT2D eigenvalue weighted by molar-refractivity contribution is 9.10. The number of nitrogens with zero attached hydrogens (tertiary/aromatic N) is 1. The maximum absolute atomic E-state index is 12.4. The van der Waals surface area contributed by atoms with E-state index in [9.17, 15) is 4.79 Å². The Kier molecular flexibility index (Phi) is 5.28. The Balaban J connectivity index is 3.05. The van der Waals surface area contributed by atoms with E-state index < -0.39 is 0 Å². The quantitative estimate of drug-likeness (QED) is 0.864. The molecule has 0 aliphatic heterocycles. The van der Waals surface area contributed by atoms with E-state index >= 15 is 0 Å². The van der Waals surface area contributed by atoms with E-state index in [0.717, 1.165) is 10.0 Å². The van der Waals surface area contributed by atoms with Gasteiger partial charge < -0.3 is 10.6 Å². The van der Waals surface area contributed by atoms with E-state index in [-0.39, 0.29) is 11.9 Å². The van der Waals surface area contributed by atoms with Crippen LogP contribution in [0.3, 0.4) is 0 Å². The van der Waals surface area contributed by atoms with E-state index in [4.69, 9.17) is 18.0 Å². The van der Waals surface area contributed by atoms with Gasteiger partial charge in [0.15, 0.2) is 0 Å². The van der Waals surface area contributed by atoms with E-state index in [0.29, 0.717) is 17.1 Å². The zero-order chi connectivity index (χ0) is 13.9. The van der Waals surface area contributed by atoms with Crippen LogP contribution in [0.15, 0.2) is 22.7 Å². The minimum absolute atomic E-state index is 0.0535. The number of benzene rings is 1. The van der Waals surface area contributed by atoms with Crippen molar-refractivity contribution in [3.8, 4) is 0 Å². The van der Waals surface area contributed by atoms with Crippen LogP contribution in [-0.2, 0) is 0 Å². The number of rotatable bonds is 4. The standard InChI is InChI=1S/C13H17BrN2OS/c1-8(2)16(7-12(15)18)13(17)10-4-9(3)5-11(14)6-10/h4-6,8H,7H2,1-3H3,(H2,15,18). The van der Waals surface area contributed by atoms with Crippen molar-refractivity contribution in [2.24, 2.45) is 5.73 Å². The molecule has 0 fully saturated rings. The molecule has 0 heterocycles. The summed E-state index contributed by atoms with van der Waals surface area (Å²) in [7, 11) is 0. The first-order valence-electron chi connectivity index (χ1n) is 5.67. The molecule has 98 valence electrons. The minimum atomic E-state index is -0.0535. The molecule has 0 aromatic heterocycles. The molecule has 1 aromatic carbocycles. The lowest BCUT2D eigenvalue weighted by Gasteiger charge is -2.26. The number of hydrogen-bond acceptors (Lipinski definition) is 2. The number of carbonyl (C=O) groups is 1. The fraction of sp³-hybridized carbons (Fsp3) is 0.385. The van der Waals surface area contributed by atoms with Gasteiger partial charge in [0.2, 0.25) is 0 Å². The maximum Gasteiger partial charge on any atom is 0.254 e. The van der Waals surface area contributed by atoms with Gasteiger partial charge in [0.25, 0.3) is 5.91 Å². The van der Waals surface area contributed by atoms with Crippen molar-refractivity contribution in [1.82, 2.24) is 4.90 Å². The second kappa shape index (κ2) is 6.29. The molecule has 1 aromatic rings. The zero-order valence-electron chi connectivity index (χ0n) is 10.7. The summed E-state index contributed by atoms with van der Waals surface area (Å²) < 4.78 is 0.893. The van der Waals surface area contributed by atoms with Crippen molar-refractivity contribution < 1.29 is 4.79 Å². The molecule has 0 unspecified atom stereocenters. The summed E-state index contributed by atoms with van der Waals surface area (Å²) in [5.41, 5.74) is 7.21. The van der Waals surface area contributed by atoms with Crippen molar-refractivity contribution in [2.45, 2.75) is 26.8 Å². The number of amides is 1. The molecular weight excluding hydrogens is 312 g/mol. The number of halogens is 1. The van der Waals surface area contributed by atoms with Crippen molar-refractivity contribution >= 4 is 39.0 Å². The first-order valence-corrected chi connectivity index (χ1v) is 6.88. The maximum atomic E-state index is 12.4. The van der Waals surface area contributed by atoms with Crippen LogP contribution in [0.4, 0.5) is 0 Å². The highest BCUT2D eigenvalue weighted by atomic mass is 79.9. The lowest BCUT2D eigenvalue weighted by Crippen LogP contribution is -2.42. The molecule has 0 bridgehead atoms. The molecule has 0 saturated carbocycles. The topological polar surface area (TPSA) is 46.3 Å². The highest BCUT2D eigenvalue weighted by Gasteiger charge is 2.19. The molecule has 1 amide bonds. The molecule has 0 aliphatic rings. The largest absolute Gasteiger partial charge is 0.392 e. The molecule has 0 spiro atoms. The fourth-order valence-corrected chi connectivity index (χ4v) is 2.43. The third-order valence-electron chi connectivity index (χ3n) is 2.50. The van der Waals surface area contributed by atoms with Crippen molar-refractivity contribution in [3.63, 3.8) is 0 Å². The summed E-state index contributed by atoms with van der Waals surface area (Å²) in [6, 6.07) is 5.69. The van der Waals surface area contributed by atoms with E-state index in [1.165, 1.54) is 0 Å². The molecule has 5 heteroatoms. The first kappa shape index (κ1) is 15.1. The van der Waals surface area contributed by atoms with Crippen molar-refractivity contribution in [1.29, 1.82) is 0 Å². The predicted molar refractivity (Wildman–Crippen MR) is 81.8 cm³/mol. The van der Waals surface area contributed by atoms with Crippen LogP contribution in [0.1, 0.15) is 29.8 Å². The van der Waals surface area contributed by atoms with Crippen LogP contribution >= 0.6 is 28.1 Å². The van der Waals surface area contributed by atoms with Gasteiger partial charge in [-0.05, 0) is 44.5 Å². The molecule has 1 rings (SSSR count). The van der Waals surface area contributed by atoms with Gasteiger partial charge in [0.1, 0.15) is 0 Å². The fourth-order valence-electron chi connectivity index (χ4n) is 1.68. The van der Waals surface area contributed by atoms with Crippen molar-refractivity contribution in [3.05, 3.63) is 33.8 Å². The summed E-state index contributed by atoms with van der Waals surface area (Å²) in [4.78, 5) is 14.4. The average molecular weight is 329 g/mol. The van der Waals surface area contributed by atoms with E-state index in [1.807, 2.05) is 39.0 Å². The van der Waals surface area contributed by atoms with Gasteiger partial charge in [0.05, 0.1) is 11.5 Å². The molecule has 0 saturated heterocycles. The number of aryl methyl sites for hydroxylation is 1. The summed E-state index contributed by atoms with van der Waals surface area (Å²) >= 11 is 8.28. The van der Waals surface area contributed by atoms with Crippen LogP contribution in [0.2, 0.25) is 0 Å². The van der Waals surface area contributed by atoms with Crippen molar-refractivity contribution in [2.75, 3.05) is 6.54 Å². The Labute approximate surface area is 121 Å². The average Bonchev–Trinajstić information content (AvgIpc) is 2.23. The van der Waals surface area contributed by atoms with Crippen LogP contribution in [-0.4, -0.2) is 28.4 Å².